The van der Waals surface area contributed by atoms with Gasteiger partial charge < -0.3 is 10.1 Å². The van der Waals surface area contributed by atoms with E-state index in [0.717, 1.165) is 25.5 Å². The van der Waals surface area contributed by atoms with E-state index in [-0.39, 0.29) is 6.10 Å². The summed E-state index contributed by atoms with van der Waals surface area (Å²) in [5.41, 5.74) is 0. The summed E-state index contributed by atoms with van der Waals surface area (Å²) < 4.78 is 7.35. The average Bonchev–Trinajstić information content (AvgIpc) is 2.62. The lowest BCUT2D eigenvalue weighted by Gasteiger charge is -2.09. The predicted molar refractivity (Wildman–Crippen MR) is 58.5 cm³/mol. The Labute approximate surface area is 90.8 Å². The van der Waals surface area contributed by atoms with Gasteiger partial charge in [-0.15, -0.1) is 0 Å². The maximum atomic E-state index is 5.47. The van der Waals surface area contributed by atoms with Crippen LogP contribution in [0, 0.1) is 0 Å². The normalized spacial score (nSPS) is 11.2. The molecule has 5 heteroatoms. The Morgan fingerprint density at radius 2 is 2.33 bits per heavy atom. The minimum absolute atomic E-state index is 0.269. The molecule has 1 N–H and O–H groups in total. The Hall–Kier alpha value is -0.940. The van der Waals surface area contributed by atoms with Crippen molar-refractivity contribution < 1.29 is 4.74 Å². The molecule has 15 heavy (non-hydrogen) atoms. The van der Waals surface area contributed by atoms with Gasteiger partial charge in [0.25, 0.3) is 0 Å². The summed E-state index contributed by atoms with van der Waals surface area (Å²) in [6, 6.07) is 0. The summed E-state index contributed by atoms with van der Waals surface area (Å²) in [6.07, 6.45) is 1.85. The van der Waals surface area contributed by atoms with E-state index in [1.54, 1.807) is 6.33 Å². The van der Waals surface area contributed by atoms with Crippen LogP contribution in [0.1, 0.15) is 26.6 Å². The molecule has 0 radical (unpaired) electrons. The van der Waals surface area contributed by atoms with Crippen LogP contribution in [0.2, 0.25) is 0 Å². The van der Waals surface area contributed by atoms with Gasteiger partial charge in [-0.1, -0.05) is 6.92 Å². The zero-order valence-corrected chi connectivity index (χ0v) is 9.73. The number of rotatable bonds is 7. The number of hydrogen-bond donors (Lipinski definition) is 1. The van der Waals surface area contributed by atoms with Crippen LogP contribution in [0.3, 0.4) is 0 Å². The van der Waals surface area contributed by atoms with Crippen molar-refractivity contribution in [2.45, 2.75) is 40.0 Å². The standard InChI is InChI=1S/C10H20N4O/c1-4-11-7-10-12-8-13-14(10)5-6-15-9(2)3/h8-9,11H,4-7H2,1-3H3. The van der Waals surface area contributed by atoms with Gasteiger partial charge in [-0.05, 0) is 20.4 Å². The molecule has 86 valence electrons. The van der Waals surface area contributed by atoms with E-state index >= 15 is 0 Å². The Kier molecular flexibility index (Phi) is 5.28. The Balaban J connectivity index is 2.35. The summed E-state index contributed by atoms with van der Waals surface area (Å²) in [5, 5.41) is 7.38. The van der Waals surface area contributed by atoms with Crippen molar-refractivity contribution in [3.05, 3.63) is 12.2 Å². The van der Waals surface area contributed by atoms with Crippen LogP contribution in [-0.2, 0) is 17.8 Å². The number of aromatic nitrogens is 3. The van der Waals surface area contributed by atoms with Gasteiger partial charge in [0.1, 0.15) is 12.2 Å². The molecule has 1 aromatic heterocycles. The summed E-state index contributed by atoms with van der Waals surface area (Å²) in [7, 11) is 0. The third-order valence-electron chi connectivity index (χ3n) is 1.98. The van der Waals surface area contributed by atoms with Gasteiger partial charge in [-0.2, -0.15) is 5.10 Å². The highest BCUT2D eigenvalue weighted by Crippen LogP contribution is 1.95. The fraction of sp³-hybridized carbons (Fsp3) is 0.800. The lowest BCUT2D eigenvalue weighted by Crippen LogP contribution is -2.19. The van der Waals surface area contributed by atoms with Crippen LogP contribution >= 0.6 is 0 Å². The van der Waals surface area contributed by atoms with E-state index in [0.29, 0.717) is 6.61 Å². The molecule has 1 heterocycles. The van der Waals surface area contributed by atoms with E-state index in [1.165, 1.54) is 0 Å². The number of nitrogens with one attached hydrogen (secondary N) is 1. The molecule has 0 fully saturated rings. The monoisotopic (exact) mass is 212 g/mol. The van der Waals surface area contributed by atoms with Crippen molar-refractivity contribution in [2.24, 2.45) is 0 Å². The quantitative estimate of drug-likeness (QED) is 0.727. The van der Waals surface area contributed by atoms with E-state index in [2.05, 4.69) is 22.3 Å². The first-order chi connectivity index (χ1) is 7.24. The van der Waals surface area contributed by atoms with Crippen LogP contribution < -0.4 is 5.32 Å². The first kappa shape index (κ1) is 12.1. The van der Waals surface area contributed by atoms with Crippen LogP contribution in [0.5, 0.6) is 0 Å². The van der Waals surface area contributed by atoms with E-state index in [4.69, 9.17) is 4.74 Å². The molecule has 1 aromatic rings. The van der Waals surface area contributed by atoms with Gasteiger partial charge in [0, 0.05) is 0 Å². The maximum Gasteiger partial charge on any atom is 0.140 e. The Morgan fingerprint density at radius 1 is 1.53 bits per heavy atom. The summed E-state index contributed by atoms with van der Waals surface area (Å²) in [5.74, 6) is 0.962. The number of ether oxygens (including phenoxy) is 1. The molecule has 1 rings (SSSR count). The summed E-state index contributed by atoms with van der Waals surface area (Å²) in [4.78, 5) is 4.19. The SMILES string of the molecule is CCNCc1ncnn1CCOC(C)C. The third-order valence-corrected chi connectivity index (χ3v) is 1.98. The molecule has 0 aromatic carbocycles. The smallest absolute Gasteiger partial charge is 0.140 e. The highest BCUT2D eigenvalue weighted by atomic mass is 16.5. The topological polar surface area (TPSA) is 52.0 Å². The van der Waals surface area contributed by atoms with Gasteiger partial charge in [-0.3, -0.25) is 0 Å². The molecule has 0 saturated heterocycles. The van der Waals surface area contributed by atoms with Crippen LogP contribution in [0.4, 0.5) is 0 Å². The van der Waals surface area contributed by atoms with Gasteiger partial charge in [-0.25, -0.2) is 9.67 Å². The molecule has 0 saturated carbocycles. The second kappa shape index (κ2) is 6.53. The first-order valence-corrected chi connectivity index (χ1v) is 5.43. The zero-order chi connectivity index (χ0) is 11.1. The molecule has 0 aliphatic heterocycles. The molecule has 0 amide bonds. The van der Waals surface area contributed by atoms with Gasteiger partial charge >= 0.3 is 0 Å². The largest absolute Gasteiger partial charge is 0.377 e. The number of hydrogen-bond acceptors (Lipinski definition) is 4. The zero-order valence-electron chi connectivity index (χ0n) is 9.73. The Bertz CT molecular complexity index is 272. The highest BCUT2D eigenvalue weighted by Gasteiger charge is 2.03. The molecule has 0 aliphatic rings. The maximum absolute atomic E-state index is 5.47. The van der Waals surface area contributed by atoms with E-state index < -0.39 is 0 Å². The predicted octanol–water partition coefficient (Wildman–Crippen LogP) is 0.813. The molecule has 0 bridgehead atoms. The molecule has 0 atom stereocenters. The molecular formula is C10H20N4O. The van der Waals surface area contributed by atoms with Crippen molar-refractivity contribution in [3.8, 4) is 0 Å². The van der Waals surface area contributed by atoms with Crippen molar-refractivity contribution >= 4 is 0 Å². The minimum atomic E-state index is 0.269. The minimum Gasteiger partial charge on any atom is -0.377 e. The van der Waals surface area contributed by atoms with Crippen LogP contribution in [0.15, 0.2) is 6.33 Å². The van der Waals surface area contributed by atoms with Crippen molar-refractivity contribution in [3.63, 3.8) is 0 Å². The van der Waals surface area contributed by atoms with Gasteiger partial charge in [0.2, 0.25) is 0 Å². The fourth-order valence-corrected chi connectivity index (χ4v) is 1.22. The lowest BCUT2D eigenvalue weighted by molar-refractivity contribution is 0.0704. The Morgan fingerprint density at radius 3 is 3.00 bits per heavy atom. The van der Waals surface area contributed by atoms with Crippen LogP contribution in [-0.4, -0.2) is 34.0 Å². The second-order valence-corrected chi connectivity index (χ2v) is 3.60. The van der Waals surface area contributed by atoms with Crippen LogP contribution in [0.25, 0.3) is 0 Å². The van der Waals surface area contributed by atoms with E-state index in [1.807, 2.05) is 18.5 Å². The molecular weight excluding hydrogens is 192 g/mol. The molecule has 5 nitrogen and oxygen atoms in total. The summed E-state index contributed by atoms with van der Waals surface area (Å²) >= 11 is 0. The second-order valence-electron chi connectivity index (χ2n) is 3.60. The van der Waals surface area contributed by atoms with Gasteiger partial charge in [0.15, 0.2) is 0 Å². The fourth-order valence-electron chi connectivity index (χ4n) is 1.22. The molecule has 0 unspecified atom stereocenters. The van der Waals surface area contributed by atoms with Crippen molar-refractivity contribution in [1.29, 1.82) is 0 Å². The highest BCUT2D eigenvalue weighted by molar-refractivity contribution is 4.83. The van der Waals surface area contributed by atoms with Crippen molar-refractivity contribution in [2.75, 3.05) is 13.2 Å². The third kappa shape index (κ3) is 4.40. The average molecular weight is 212 g/mol. The molecule has 0 aliphatic carbocycles. The lowest BCUT2D eigenvalue weighted by atomic mass is 10.5. The van der Waals surface area contributed by atoms with E-state index in [9.17, 15) is 0 Å². The number of nitrogens with zero attached hydrogens (tertiary/aromatic N) is 3. The molecule has 0 spiro atoms. The van der Waals surface area contributed by atoms with Crippen molar-refractivity contribution in [1.82, 2.24) is 20.1 Å². The summed E-state index contributed by atoms with van der Waals surface area (Å²) in [6.45, 7) is 9.27. The first-order valence-electron chi connectivity index (χ1n) is 5.43. The van der Waals surface area contributed by atoms with Gasteiger partial charge in [0.05, 0.1) is 25.8 Å².